The van der Waals surface area contributed by atoms with Gasteiger partial charge in [0.1, 0.15) is 0 Å². The Hall–Kier alpha value is -1.93. The highest BCUT2D eigenvalue weighted by molar-refractivity contribution is 7.89. The van der Waals surface area contributed by atoms with Crippen LogP contribution in [0.15, 0.2) is 33.7 Å². The lowest BCUT2D eigenvalue weighted by Gasteiger charge is -2.15. The first-order chi connectivity index (χ1) is 11.5. The molecule has 1 fully saturated rings. The van der Waals surface area contributed by atoms with Crippen LogP contribution in [0.3, 0.4) is 0 Å². The molecule has 8 heteroatoms. The van der Waals surface area contributed by atoms with Crippen LogP contribution in [-0.2, 0) is 16.6 Å². The van der Waals surface area contributed by atoms with E-state index in [9.17, 15) is 8.42 Å². The summed E-state index contributed by atoms with van der Waals surface area (Å²) in [4.78, 5) is 4.58. The maximum Gasteiger partial charge on any atom is 0.321 e. The minimum absolute atomic E-state index is 0.208. The van der Waals surface area contributed by atoms with Gasteiger partial charge in [-0.1, -0.05) is 31.1 Å². The molecule has 1 N–H and O–H groups in total. The Kier molecular flexibility index (Phi) is 4.86. The zero-order chi connectivity index (χ0) is 17.2. The Morgan fingerprint density at radius 3 is 2.46 bits per heavy atom. The molecule has 0 amide bonds. The Morgan fingerprint density at radius 1 is 1.21 bits per heavy atom. The van der Waals surface area contributed by atoms with Crippen LogP contribution in [0.2, 0.25) is 0 Å². The second-order valence-electron chi connectivity index (χ2n) is 6.22. The second-order valence-corrected chi connectivity index (χ2v) is 8.16. The Balaban J connectivity index is 1.64. The molecule has 2 heterocycles. The molecule has 1 aliphatic rings. The standard InChI is InChI=1S/C16H22N4O3S/c1-12(2)15-18-16(23-19-15)17-11-13-5-7-14(8-6-13)24(21,22)20-9-3-4-10-20/h5-8,12H,3-4,9-11H2,1-2H3,(H,17,18,19). The largest absolute Gasteiger partial charge is 0.334 e. The molecule has 1 aromatic carbocycles. The normalized spacial score (nSPS) is 16.0. The Labute approximate surface area is 142 Å². The van der Waals surface area contributed by atoms with E-state index in [-0.39, 0.29) is 5.92 Å². The molecule has 0 aliphatic carbocycles. The van der Waals surface area contributed by atoms with Crippen molar-refractivity contribution in [3.63, 3.8) is 0 Å². The van der Waals surface area contributed by atoms with Crippen LogP contribution in [-0.4, -0.2) is 36.0 Å². The first-order valence-electron chi connectivity index (χ1n) is 8.13. The first-order valence-corrected chi connectivity index (χ1v) is 9.57. The zero-order valence-corrected chi connectivity index (χ0v) is 14.7. The van der Waals surface area contributed by atoms with Crippen LogP contribution in [0.5, 0.6) is 0 Å². The average Bonchev–Trinajstić information content (AvgIpc) is 3.25. The van der Waals surface area contributed by atoms with E-state index >= 15 is 0 Å². The van der Waals surface area contributed by atoms with E-state index < -0.39 is 10.0 Å². The number of nitrogens with zero attached hydrogens (tertiary/aromatic N) is 3. The van der Waals surface area contributed by atoms with Gasteiger partial charge < -0.3 is 9.84 Å². The Bertz CT molecular complexity index is 778. The quantitative estimate of drug-likeness (QED) is 0.861. The average molecular weight is 350 g/mol. The van der Waals surface area contributed by atoms with Gasteiger partial charge in [-0.15, -0.1) is 0 Å². The smallest absolute Gasteiger partial charge is 0.321 e. The van der Waals surface area contributed by atoms with Gasteiger partial charge in [0.25, 0.3) is 0 Å². The molecular weight excluding hydrogens is 328 g/mol. The number of anilines is 1. The highest BCUT2D eigenvalue weighted by atomic mass is 32.2. The van der Waals surface area contributed by atoms with E-state index in [1.54, 1.807) is 28.6 Å². The first kappa shape index (κ1) is 16.9. The lowest BCUT2D eigenvalue weighted by molar-refractivity contribution is 0.419. The number of nitrogens with one attached hydrogen (secondary N) is 1. The van der Waals surface area contributed by atoms with Crippen LogP contribution in [0.25, 0.3) is 0 Å². The van der Waals surface area contributed by atoms with Gasteiger partial charge in [-0.25, -0.2) is 8.42 Å². The minimum Gasteiger partial charge on any atom is -0.334 e. The van der Waals surface area contributed by atoms with Crippen molar-refractivity contribution >= 4 is 16.0 Å². The van der Waals surface area contributed by atoms with E-state index in [0.717, 1.165) is 18.4 Å². The van der Waals surface area contributed by atoms with E-state index in [0.29, 0.717) is 36.4 Å². The van der Waals surface area contributed by atoms with Gasteiger partial charge in [-0.3, -0.25) is 0 Å². The van der Waals surface area contributed by atoms with Gasteiger partial charge in [0.15, 0.2) is 5.82 Å². The van der Waals surface area contributed by atoms with E-state index in [1.165, 1.54) is 0 Å². The van der Waals surface area contributed by atoms with Crippen LogP contribution in [0.4, 0.5) is 6.01 Å². The summed E-state index contributed by atoms with van der Waals surface area (Å²) in [5, 5.41) is 6.93. The monoisotopic (exact) mass is 350 g/mol. The highest BCUT2D eigenvalue weighted by Crippen LogP contribution is 2.21. The van der Waals surface area contributed by atoms with Gasteiger partial charge in [0, 0.05) is 25.6 Å². The Morgan fingerprint density at radius 2 is 1.88 bits per heavy atom. The second kappa shape index (κ2) is 6.90. The molecule has 0 saturated carbocycles. The maximum absolute atomic E-state index is 12.5. The molecule has 24 heavy (non-hydrogen) atoms. The molecule has 3 rings (SSSR count). The van der Waals surface area contributed by atoms with Crippen molar-refractivity contribution in [2.75, 3.05) is 18.4 Å². The fourth-order valence-corrected chi connectivity index (χ4v) is 4.09. The molecule has 130 valence electrons. The minimum atomic E-state index is -3.36. The summed E-state index contributed by atoms with van der Waals surface area (Å²) in [6.07, 6.45) is 1.87. The third-order valence-electron chi connectivity index (χ3n) is 4.03. The molecule has 1 aromatic heterocycles. The van der Waals surface area contributed by atoms with Gasteiger partial charge in [0.05, 0.1) is 4.90 Å². The zero-order valence-electron chi connectivity index (χ0n) is 13.9. The predicted octanol–water partition coefficient (Wildman–Crippen LogP) is 2.59. The number of aromatic nitrogens is 2. The summed E-state index contributed by atoms with van der Waals surface area (Å²) in [6.45, 7) is 5.70. The number of sulfonamides is 1. The van der Waals surface area contributed by atoms with Crippen molar-refractivity contribution in [1.82, 2.24) is 14.4 Å². The van der Waals surface area contributed by atoms with Gasteiger partial charge >= 0.3 is 6.01 Å². The van der Waals surface area contributed by atoms with Crippen LogP contribution in [0.1, 0.15) is 44.0 Å². The summed E-state index contributed by atoms with van der Waals surface area (Å²) in [5.74, 6) is 0.865. The van der Waals surface area contributed by atoms with Crippen LogP contribution >= 0.6 is 0 Å². The summed E-state index contributed by atoms with van der Waals surface area (Å²) < 4.78 is 31.6. The molecular formula is C16H22N4O3S. The molecule has 0 atom stereocenters. The number of benzene rings is 1. The third kappa shape index (κ3) is 3.59. The van der Waals surface area contributed by atoms with E-state index in [4.69, 9.17) is 4.52 Å². The van der Waals surface area contributed by atoms with E-state index in [1.807, 2.05) is 13.8 Å². The molecule has 0 bridgehead atoms. The molecule has 1 saturated heterocycles. The van der Waals surface area contributed by atoms with Crippen molar-refractivity contribution < 1.29 is 12.9 Å². The fraction of sp³-hybridized carbons (Fsp3) is 0.500. The van der Waals surface area contributed by atoms with Crippen molar-refractivity contribution in [2.24, 2.45) is 0 Å². The number of hydrogen-bond donors (Lipinski definition) is 1. The highest BCUT2D eigenvalue weighted by Gasteiger charge is 2.26. The lowest BCUT2D eigenvalue weighted by atomic mass is 10.2. The van der Waals surface area contributed by atoms with Crippen molar-refractivity contribution in [3.05, 3.63) is 35.7 Å². The van der Waals surface area contributed by atoms with Crippen molar-refractivity contribution in [1.29, 1.82) is 0 Å². The van der Waals surface area contributed by atoms with Crippen LogP contribution in [0, 0.1) is 0 Å². The SMILES string of the molecule is CC(C)c1noc(NCc2ccc(S(=O)(=O)N3CCCC3)cc2)n1. The fourth-order valence-electron chi connectivity index (χ4n) is 2.58. The molecule has 1 aliphatic heterocycles. The summed E-state index contributed by atoms with van der Waals surface area (Å²) >= 11 is 0. The van der Waals surface area contributed by atoms with Gasteiger partial charge in [0.2, 0.25) is 10.0 Å². The van der Waals surface area contributed by atoms with Crippen molar-refractivity contribution in [3.8, 4) is 0 Å². The summed E-state index contributed by atoms with van der Waals surface area (Å²) in [6, 6.07) is 7.27. The van der Waals surface area contributed by atoms with Crippen LogP contribution < -0.4 is 5.32 Å². The molecule has 0 spiro atoms. The molecule has 2 aromatic rings. The third-order valence-corrected chi connectivity index (χ3v) is 5.94. The number of hydrogen-bond acceptors (Lipinski definition) is 6. The molecule has 0 radical (unpaired) electrons. The predicted molar refractivity (Wildman–Crippen MR) is 90.1 cm³/mol. The summed E-state index contributed by atoms with van der Waals surface area (Å²) in [5.41, 5.74) is 0.944. The molecule has 7 nitrogen and oxygen atoms in total. The number of rotatable bonds is 6. The topological polar surface area (TPSA) is 88.3 Å². The van der Waals surface area contributed by atoms with Gasteiger partial charge in [-0.05, 0) is 30.5 Å². The van der Waals surface area contributed by atoms with Crippen molar-refractivity contribution in [2.45, 2.75) is 44.0 Å². The molecule has 0 unspecified atom stereocenters. The van der Waals surface area contributed by atoms with Gasteiger partial charge in [-0.2, -0.15) is 9.29 Å². The lowest BCUT2D eigenvalue weighted by Crippen LogP contribution is -2.27. The van der Waals surface area contributed by atoms with E-state index in [2.05, 4.69) is 15.5 Å². The summed E-state index contributed by atoms with van der Waals surface area (Å²) in [7, 11) is -3.36. The maximum atomic E-state index is 12.5.